The lowest BCUT2D eigenvalue weighted by Gasteiger charge is -2.20. The number of nitrogens with zero attached hydrogens (tertiary/aromatic N) is 1. The van der Waals surface area contributed by atoms with Crippen molar-refractivity contribution in [3.63, 3.8) is 0 Å². The van der Waals surface area contributed by atoms with Crippen LogP contribution in [0.5, 0.6) is 0 Å². The number of halogens is 2. The first-order valence-electron chi connectivity index (χ1n) is 11.0. The summed E-state index contributed by atoms with van der Waals surface area (Å²) in [5.41, 5.74) is 2.08. The third-order valence-corrected chi connectivity index (χ3v) is 9.26. The number of sulfonamides is 1. The van der Waals surface area contributed by atoms with Gasteiger partial charge in [-0.15, -0.1) is 11.3 Å². The van der Waals surface area contributed by atoms with E-state index in [9.17, 15) is 23.1 Å². The lowest BCUT2D eigenvalue weighted by atomic mass is 10.1. The Labute approximate surface area is 226 Å². The molecule has 0 bridgehead atoms. The number of hydrogen-bond donors (Lipinski definition) is 2. The standard InChI is InChI=1S/C26H18Cl2N2O5S2/c27-18-5-7-22-15(12-18)10-11-30(22)37(34,35)19-3-1-2-17(13-19)25(31)29-21-6-4-16(14-20(21)26(32)33)23-8-9-24(28)36-23/h1-9,12-14H,10-11H2,(H,29,31)(H,32,33). The predicted octanol–water partition coefficient (Wildman–Crippen LogP) is 6.42. The van der Waals surface area contributed by atoms with Crippen molar-refractivity contribution in [2.75, 3.05) is 16.2 Å². The number of carbonyl (C=O) groups is 2. The molecule has 2 heterocycles. The van der Waals surface area contributed by atoms with Crippen molar-refractivity contribution in [1.82, 2.24) is 0 Å². The molecule has 0 aliphatic carbocycles. The molecule has 2 N–H and O–H groups in total. The van der Waals surface area contributed by atoms with E-state index in [1.807, 2.05) is 0 Å². The van der Waals surface area contributed by atoms with Gasteiger partial charge in [0.2, 0.25) is 0 Å². The van der Waals surface area contributed by atoms with Gasteiger partial charge >= 0.3 is 5.97 Å². The van der Waals surface area contributed by atoms with E-state index in [0.717, 1.165) is 10.4 Å². The fraction of sp³-hybridized carbons (Fsp3) is 0.0769. The number of anilines is 2. The molecule has 7 nitrogen and oxygen atoms in total. The highest BCUT2D eigenvalue weighted by molar-refractivity contribution is 7.92. The van der Waals surface area contributed by atoms with Crippen LogP contribution >= 0.6 is 34.5 Å². The minimum absolute atomic E-state index is 0.0497. The summed E-state index contributed by atoms with van der Waals surface area (Å²) in [6.45, 7) is 0.262. The number of nitrogens with one attached hydrogen (secondary N) is 1. The van der Waals surface area contributed by atoms with Crippen LogP contribution in [0.3, 0.4) is 0 Å². The summed E-state index contributed by atoms with van der Waals surface area (Å²) in [5.74, 6) is -1.86. The summed E-state index contributed by atoms with van der Waals surface area (Å²) in [6, 6.07) is 18.8. The zero-order valence-electron chi connectivity index (χ0n) is 18.9. The first-order chi connectivity index (χ1) is 17.6. The minimum atomic E-state index is -3.94. The molecule has 1 aliphatic rings. The third kappa shape index (κ3) is 4.95. The Balaban J connectivity index is 1.42. The summed E-state index contributed by atoms with van der Waals surface area (Å²) >= 11 is 13.3. The molecule has 1 amide bonds. The number of benzene rings is 3. The van der Waals surface area contributed by atoms with Gasteiger partial charge in [-0.25, -0.2) is 13.2 Å². The van der Waals surface area contributed by atoms with E-state index in [1.165, 1.54) is 52.0 Å². The topological polar surface area (TPSA) is 104 Å². The maximum Gasteiger partial charge on any atom is 0.337 e. The molecule has 0 saturated carbocycles. The second-order valence-electron chi connectivity index (χ2n) is 8.25. The Morgan fingerprint density at radius 3 is 2.51 bits per heavy atom. The van der Waals surface area contributed by atoms with Crippen molar-refractivity contribution in [2.45, 2.75) is 11.3 Å². The Hall–Kier alpha value is -3.37. The molecule has 188 valence electrons. The van der Waals surface area contributed by atoms with Gasteiger partial charge in [0, 0.05) is 22.0 Å². The molecule has 0 saturated heterocycles. The number of amides is 1. The van der Waals surface area contributed by atoms with E-state index in [0.29, 0.717) is 27.0 Å². The summed E-state index contributed by atoms with van der Waals surface area (Å²) in [5, 5.41) is 12.9. The number of carboxylic acid groups (broad SMARTS) is 1. The van der Waals surface area contributed by atoms with Crippen LogP contribution in [0.15, 0.2) is 77.7 Å². The first kappa shape index (κ1) is 25.3. The van der Waals surface area contributed by atoms with Crippen LogP contribution in [0, 0.1) is 0 Å². The van der Waals surface area contributed by atoms with Gasteiger partial charge in [-0.1, -0.05) is 35.3 Å². The molecule has 0 atom stereocenters. The maximum absolute atomic E-state index is 13.4. The van der Waals surface area contributed by atoms with Crippen LogP contribution in [-0.2, 0) is 16.4 Å². The fourth-order valence-corrected chi connectivity index (χ4v) is 6.95. The second kappa shape index (κ2) is 9.83. The number of hydrogen-bond acceptors (Lipinski definition) is 5. The Kier molecular flexibility index (Phi) is 6.72. The van der Waals surface area contributed by atoms with Gasteiger partial charge in [-0.2, -0.15) is 0 Å². The molecule has 5 rings (SSSR count). The van der Waals surface area contributed by atoms with Crippen LogP contribution in [0.4, 0.5) is 11.4 Å². The number of aromatic carboxylic acids is 1. The number of thiophene rings is 1. The highest BCUT2D eigenvalue weighted by Gasteiger charge is 2.31. The van der Waals surface area contributed by atoms with Crippen molar-refractivity contribution in [2.24, 2.45) is 0 Å². The average molecular weight is 573 g/mol. The van der Waals surface area contributed by atoms with E-state index in [2.05, 4.69) is 5.32 Å². The van der Waals surface area contributed by atoms with Crippen LogP contribution in [0.25, 0.3) is 10.4 Å². The molecular formula is C26H18Cl2N2O5S2. The molecule has 0 unspecified atom stereocenters. The summed E-state index contributed by atoms with van der Waals surface area (Å²) in [6.07, 6.45) is 0.529. The second-order valence-corrected chi connectivity index (χ2v) is 12.3. The molecule has 4 aromatic rings. The van der Waals surface area contributed by atoms with Gasteiger partial charge in [0.25, 0.3) is 15.9 Å². The van der Waals surface area contributed by atoms with E-state index in [-0.39, 0.29) is 28.3 Å². The van der Waals surface area contributed by atoms with Crippen molar-refractivity contribution in [1.29, 1.82) is 0 Å². The van der Waals surface area contributed by atoms with Gasteiger partial charge in [0.05, 0.1) is 26.2 Å². The quantitative estimate of drug-likeness (QED) is 0.277. The number of fused-ring (bicyclic) bond motifs is 1. The largest absolute Gasteiger partial charge is 0.478 e. The molecule has 1 aromatic heterocycles. The van der Waals surface area contributed by atoms with Crippen molar-refractivity contribution >= 4 is 67.8 Å². The Morgan fingerprint density at radius 1 is 0.973 bits per heavy atom. The monoisotopic (exact) mass is 572 g/mol. The molecule has 0 fully saturated rings. The Morgan fingerprint density at radius 2 is 1.78 bits per heavy atom. The first-order valence-corrected chi connectivity index (χ1v) is 14.0. The number of carboxylic acids is 1. The van der Waals surface area contributed by atoms with Crippen molar-refractivity contribution < 1.29 is 23.1 Å². The third-order valence-electron chi connectivity index (χ3n) is 5.93. The molecule has 1 aliphatic heterocycles. The summed E-state index contributed by atoms with van der Waals surface area (Å²) < 4.78 is 28.7. The minimum Gasteiger partial charge on any atom is -0.478 e. The van der Waals surface area contributed by atoms with Crippen LogP contribution in [0.2, 0.25) is 9.36 Å². The van der Waals surface area contributed by atoms with Crippen LogP contribution in [-0.4, -0.2) is 31.9 Å². The van der Waals surface area contributed by atoms with Crippen molar-refractivity contribution in [3.05, 3.63) is 98.8 Å². The van der Waals surface area contributed by atoms with E-state index >= 15 is 0 Å². The van der Waals surface area contributed by atoms with E-state index in [4.69, 9.17) is 23.2 Å². The number of carbonyl (C=O) groups excluding carboxylic acids is 1. The van der Waals surface area contributed by atoms with Gasteiger partial charge in [-0.05, 0) is 78.2 Å². The van der Waals surface area contributed by atoms with Crippen LogP contribution < -0.4 is 9.62 Å². The number of rotatable bonds is 6. The SMILES string of the molecule is O=C(Nc1ccc(-c2ccc(Cl)s2)cc1C(=O)O)c1cccc(S(=O)(=O)N2CCc3cc(Cl)ccc32)c1. The van der Waals surface area contributed by atoms with Crippen LogP contribution in [0.1, 0.15) is 26.3 Å². The highest BCUT2D eigenvalue weighted by atomic mass is 35.5. The molecule has 3 aromatic carbocycles. The Bertz CT molecular complexity index is 1670. The molecule has 11 heteroatoms. The predicted molar refractivity (Wildman–Crippen MR) is 146 cm³/mol. The molecule has 0 radical (unpaired) electrons. The molecular weight excluding hydrogens is 555 g/mol. The lowest BCUT2D eigenvalue weighted by molar-refractivity contribution is 0.0698. The van der Waals surface area contributed by atoms with Crippen molar-refractivity contribution in [3.8, 4) is 10.4 Å². The molecule has 37 heavy (non-hydrogen) atoms. The maximum atomic E-state index is 13.4. The fourth-order valence-electron chi connectivity index (χ4n) is 4.16. The zero-order chi connectivity index (χ0) is 26.3. The average Bonchev–Trinajstić information content (AvgIpc) is 3.50. The normalized spacial score (nSPS) is 12.9. The van der Waals surface area contributed by atoms with E-state index in [1.54, 1.807) is 36.4 Å². The lowest BCUT2D eigenvalue weighted by Crippen LogP contribution is -2.29. The highest BCUT2D eigenvalue weighted by Crippen LogP contribution is 2.35. The van der Waals surface area contributed by atoms with Gasteiger partial charge in [0.15, 0.2) is 0 Å². The van der Waals surface area contributed by atoms with E-state index < -0.39 is 21.9 Å². The smallest absolute Gasteiger partial charge is 0.337 e. The summed E-state index contributed by atoms with van der Waals surface area (Å²) in [4.78, 5) is 25.7. The zero-order valence-corrected chi connectivity index (χ0v) is 22.1. The van der Waals surface area contributed by atoms with Gasteiger partial charge in [0.1, 0.15) is 0 Å². The van der Waals surface area contributed by atoms with Gasteiger partial charge < -0.3 is 10.4 Å². The van der Waals surface area contributed by atoms with Gasteiger partial charge in [-0.3, -0.25) is 9.10 Å². The molecule has 0 spiro atoms. The summed E-state index contributed by atoms with van der Waals surface area (Å²) in [7, 11) is -3.94.